The first-order valence-corrected chi connectivity index (χ1v) is 10.9. The summed E-state index contributed by atoms with van der Waals surface area (Å²) in [6.45, 7) is 5.57. The van der Waals surface area contributed by atoms with Gasteiger partial charge in [0.2, 0.25) is 5.28 Å². The Labute approximate surface area is 183 Å². The number of rotatable bonds is 5. The summed E-state index contributed by atoms with van der Waals surface area (Å²) in [5.74, 6) is 1.13. The first-order chi connectivity index (χ1) is 14.0. The van der Waals surface area contributed by atoms with Gasteiger partial charge in [0.05, 0.1) is 16.4 Å². The molecule has 30 heavy (non-hydrogen) atoms. The molecule has 11 heteroatoms. The molecule has 0 aliphatic heterocycles. The van der Waals surface area contributed by atoms with Crippen molar-refractivity contribution in [2.75, 3.05) is 0 Å². The van der Waals surface area contributed by atoms with Gasteiger partial charge in [0.25, 0.3) is 10.1 Å². The third-order valence-electron chi connectivity index (χ3n) is 4.24. The lowest BCUT2D eigenvalue weighted by atomic mass is 10.0. The van der Waals surface area contributed by atoms with Crippen LogP contribution in [0.1, 0.15) is 28.3 Å². The summed E-state index contributed by atoms with van der Waals surface area (Å²) in [6.07, 6.45) is 0.488. The molecule has 0 saturated heterocycles. The molecule has 0 radical (unpaired) electrons. The van der Waals surface area contributed by atoms with Gasteiger partial charge in [-0.2, -0.15) is 18.6 Å². The molecule has 0 fully saturated rings. The molecule has 0 unspecified atom stereocenters. The van der Waals surface area contributed by atoms with Crippen LogP contribution >= 0.6 is 23.2 Å². The van der Waals surface area contributed by atoms with Crippen molar-refractivity contribution in [2.45, 2.75) is 32.1 Å². The number of hydrogen-bond acceptors (Lipinski definition) is 7. The second-order valence-corrected chi connectivity index (χ2v) is 8.73. The molecule has 1 heterocycles. The fourth-order valence-electron chi connectivity index (χ4n) is 2.77. The molecule has 0 bridgehead atoms. The molecule has 0 atom stereocenters. The molecular formula is C19H17Cl2N5O3S. The van der Waals surface area contributed by atoms with Crippen LogP contribution in [0.25, 0.3) is 0 Å². The lowest BCUT2D eigenvalue weighted by molar-refractivity contribution is 0.483. The van der Waals surface area contributed by atoms with Gasteiger partial charge in [-0.3, -0.25) is 4.55 Å². The Morgan fingerprint density at radius 3 is 2.37 bits per heavy atom. The van der Waals surface area contributed by atoms with E-state index in [4.69, 9.17) is 23.2 Å². The molecule has 0 saturated carbocycles. The second-order valence-electron chi connectivity index (χ2n) is 6.60. The van der Waals surface area contributed by atoms with E-state index in [-0.39, 0.29) is 16.0 Å². The average Bonchev–Trinajstić information content (AvgIpc) is 2.62. The van der Waals surface area contributed by atoms with Gasteiger partial charge in [0, 0.05) is 6.42 Å². The van der Waals surface area contributed by atoms with Crippen molar-refractivity contribution >= 4 is 44.7 Å². The van der Waals surface area contributed by atoms with Crippen LogP contribution in [0.3, 0.4) is 0 Å². The molecule has 0 spiro atoms. The summed E-state index contributed by atoms with van der Waals surface area (Å²) >= 11 is 11.7. The fraction of sp³-hybridized carbons (Fsp3) is 0.211. The van der Waals surface area contributed by atoms with E-state index in [1.807, 2.05) is 26.0 Å². The highest BCUT2D eigenvalue weighted by Gasteiger charge is 2.15. The van der Waals surface area contributed by atoms with Crippen molar-refractivity contribution in [2.24, 2.45) is 10.2 Å². The quantitative estimate of drug-likeness (QED) is 0.400. The molecule has 0 aliphatic carbocycles. The fourth-order valence-corrected chi connectivity index (χ4v) is 3.99. The zero-order valence-corrected chi connectivity index (χ0v) is 18.6. The van der Waals surface area contributed by atoms with Gasteiger partial charge in [-0.15, -0.1) is 0 Å². The monoisotopic (exact) mass is 465 g/mol. The van der Waals surface area contributed by atoms with E-state index in [9.17, 15) is 13.0 Å². The Morgan fingerprint density at radius 1 is 0.967 bits per heavy atom. The van der Waals surface area contributed by atoms with Crippen LogP contribution in [0.5, 0.6) is 0 Å². The number of aryl methyl sites for hydroxylation is 3. The first-order valence-electron chi connectivity index (χ1n) is 8.69. The maximum Gasteiger partial charge on any atom is 0.296 e. The summed E-state index contributed by atoms with van der Waals surface area (Å²) in [7, 11) is -4.45. The van der Waals surface area contributed by atoms with Crippen LogP contribution in [0.2, 0.25) is 10.3 Å². The van der Waals surface area contributed by atoms with Gasteiger partial charge in [0.1, 0.15) is 16.5 Å². The molecule has 0 amide bonds. The molecule has 0 aliphatic rings. The van der Waals surface area contributed by atoms with E-state index in [0.717, 1.165) is 22.8 Å². The van der Waals surface area contributed by atoms with Gasteiger partial charge < -0.3 is 0 Å². The third kappa shape index (κ3) is 5.37. The maximum absolute atomic E-state index is 11.4. The minimum atomic E-state index is -4.45. The van der Waals surface area contributed by atoms with E-state index >= 15 is 0 Å². The van der Waals surface area contributed by atoms with E-state index in [1.54, 1.807) is 6.92 Å². The Morgan fingerprint density at radius 2 is 1.70 bits per heavy atom. The molecule has 3 aromatic rings. The number of azo groups is 1. The normalized spacial score (nSPS) is 11.9. The molecule has 156 valence electrons. The Balaban J connectivity index is 1.89. The van der Waals surface area contributed by atoms with Crippen LogP contribution in [0.4, 0.5) is 11.4 Å². The van der Waals surface area contributed by atoms with Gasteiger partial charge in [-0.05, 0) is 73.3 Å². The van der Waals surface area contributed by atoms with E-state index in [1.165, 1.54) is 12.1 Å². The van der Waals surface area contributed by atoms with Gasteiger partial charge in [0.15, 0.2) is 0 Å². The van der Waals surface area contributed by atoms with Crippen molar-refractivity contribution in [3.05, 3.63) is 69.0 Å². The smallest absolute Gasteiger partial charge is 0.282 e. The predicted molar refractivity (Wildman–Crippen MR) is 114 cm³/mol. The minimum absolute atomic E-state index is 0.0958. The Hall–Kier alpha value is -2.46. The van der Waals surface area contributed by atoms with Crippen molar-refractivity contribution in [3.63, 3.8) is 0 Å². The van der Waals surface area contributed by atoms with E-state index in [0.29, 0.717) is 23.8 Å². The molecule has 1 aromatic heterocycles. The SMILES string of the molecule is Cc1nc(Cl)nc(Cc2cc(C)c(N=Nc3ccc(Cl)c(S(=O)(=O)O)c3)cc2C)n1. The van der Waals surface area contributed by atoms with E-state index < -0.39 is 15.0 Å². The van der Waals surface area contributed by atoms with Crippen LogP contribution in [0.15, 0.2) is 45.5 Å². The highest BCUT2D eigenvalue weighted by atomic mass is 35.5. The van der Waals surface area contributed by atoms with Crippen LogP contribution in [0, 0.1) is 20.8 Å². The van der Waals surface area contributed by atoms with Gasteiger partial charge in [-0.25, -0.2) is 15.0 Å². The number of benzene rings is 2. The highest BCUT2D eigenvalue weighted by molar-refractivity contribution is 7.86. The molecular weight excluding hydrogens is 449 g/mol. The summed E-state index contributed by atoms with van der Waals surface area (Å²) in [5.41, 5.74) is 3.68. The van der Waals surface area contributed by atoms with Crippen LogP contribution < -0.4 is 0 Å². The zero-order chi connectivity index (χ0) is 22.1. The number of halogens is 2. The third-order valence-corrected chi connectivity index (χ3v) is 5.74. The zero-order valence-electron chi connectivity index (χ0n) is 16.3. The molecule has 2 aromatic carbocycles. The Bertz CT molecular complexity index is 1240. The van der Waals surface area contributed by atoms with Crippen molar-refractivity contribution < 1.29 is 13.0 Å². The molecule has 3 rings (SSSR count). The summed E-state index contributed by atoms with van der Waals surface area (Å²) in [5, 5.41) is 8.34. The topological polar surface area (TPSA) is 118 Å². The number of nitrogens with zero attached hydrogens (tertiary/aromatic N) is 5. The lowest BCUT2D eigenvalue weighted by Gasteiger charge is -2.09. The summed E-state index contributed by atoms with van der Waals surface area (Å²) < 4.78 is 32.0. The van der Waals surface area contributed by atoms with Crippen LogP contribution in [-0.2, 0) is 16.5 Å². The number of hydrogen-bond donors (Lipinski definition) is 1. The standard InChI is InChI=1S/C19H17Cl2N5O3S/c1-10-7-16(26-25-14-4-5-15(20)17(9-14)30(27,28)29)11(2)6-13(10)8-18-22-12(3)23-19(21)24-18/h4-7,9H,8H2,1-3H3,(H,27,28,29). The van der Waals surface area contributed by atoms with Crippen molar-refractivity contribution in [3.8, 4) is 0 Å². The molecule has 8 nitrogen and oxygen atoms in total. The Kier molecular flexibility index (Phi) is 6.47. The maximum atomic E-state index is 11.4. The predicted octanol–water partition coefficient (Wildman–Crippen LogP) is 5.36. The second kappa shape index (κ2) is 8.73. The van der Waals surface area contributed by atoms with Crippen LogP contribution in [-0.4, -0.2) is 27.9 Å². The number of aromatic nitrogens is 3. The van der Waals surface area contributed by atoms with Gasteiger partial charge in [-0.1, -0.05) is 17.7 Å². The molecule has 1 N–H and O–H groups in total. The van der Waals surface area contributed by atoms with Crippen molar-refractivity contribution in [1.29, 1.82) is 0 Å². The van der Waals surface area contributed by atoms with Crippen molar-refractivity contribution in [1.82, 2.24) is 15.0 Å². The largest absolute Gasteiger partial charge is 0.296 e. The summed E-state index contributed by atoms with van der Waals surface area (Å²) in [6, 6.07) is 7.82. The van der Waals surface area contributed by atoms with E-state index in [2.05, 4.69) is 25.2 Å². The highest BCUT2D eigenvalue weighted by Crippen LogP contribution is 2.29. The first kappa shape index (κ1) is 22.2. The lowest BCUT2D eigenvalue weighted by Crippen LogP contribution is -2.03. The summed E-state index contributed by atoms with van der Waals surface area (Å²) in [4.78, 5) is 12.0. The minimum Gasteiger partial charge on any atom is -0.282 e. The van der Waals surface area contributed by atoms with Gasteiger partial charge >= 0.3 is 0 Å². The average molecular weight is 466 g/mol.